The van der Waals surface area contributed by atoms with E-state index in [4.69, 9.17) is 0 Å². The first-order valence-electron chi connectivity index (χ1n) is 6.63. The lowest BCUT2D eigenvalue weighted by atomic mass is 10.1. The minimum absolute atomic E-state index is 0.213. The Hall–Kier alpha value is -0.750. The molecule has 1 fully saturated rings. The first kappa shape index (κ1) is 15.6. The lowest BCUT2D eigenvalue weighted by Crippen LogP contribution is -2.30. The fourth-order valence-electron chi connectivity index (χ4n) is 2.56. The van der Waals surface area contributed by atoms with Crippen molar-refractivity contribution in [2.75, 3.05) is 0 Å². The number of nitrogens with one attached hydrogen (secondary N) is 1. The van der Waals surface area contributed by atoms with E-state index >= 15 is 0 Å². The molecule has 1 aliphatic rings. The molecule has 20 heavy (non-hydrogen) atoms. The van der Waals surface area contributed by atoms with Crippen molar-refractivity contribution in [3.05, 3.63) is 28.2 Å². The van der Waals surface area contributed by atoms with E-state index in [1.54, 1.807) is 12.1 Å². The Labute approximate surface area is 124 Å². The third kappa shape index (κ3) is 4.38. The Kier molecular flexibility index (Phi) is 4.96. The summed E-state index contributed by atoms with van der Waals surface area (Å²) in [6.45, 7) is 2.88. The number of ether oxygens (including phenoxy) is 1. The van der Waals surface area contributed by atoms with Gasteiger partial charge < -0.3 is 10.1 Å². The molecule has 0 aliphatic heterocycles. The Morgan fingerprint density at radius 1 is 1.35 bits per heavy atom. The smallest absolute Gasteiger partial charge is 0.405 e. The fourth-order valence-corrected chi connectivity index (χ4v) is 3.07. The van der Waals surface area contributed by atoms with Crippen LogP contribution in [0.4, 0.5) is 13.2 Å². The zero-order valence-corrected chi connectivity index (χ0v) is 12.7. The molecule has 0 bridgehead atoms. The standard InChI is InChI=1S/C14H17BrF3NO/c1-9-3-2-4-12(9)19-8-10-5-6-13(11(15)7-10)20-14(16,17)18/h5-7,9,12,19H,2-4,8H2,1H3. The molecular weight excluding hydrogens is 335 g/mol. The van der Waals surface area contributed by atoms with Crippen molar-refractivity contribution in [2.45, 2.75) is 45.1 Å². The second kappa shape index (κ2) is 6.35. The van der Waals surface area contributed by atoms with Crippen molar-refractivity contribution in [2.24, 2.45) is 5.92 Å². The maximum absolute atomic E-state index is 12.2. The van der Waals surface area contributed by atoms with Crippen LogP contribution in [0.3, 0.4) is 0 Å². The molecule has 0 aromatic heterocycles. The van der Waals surface area contributed by atoms with Gasteiger partial charge in [0.25, 0.3) is 0 Å². The van der Waals surface area contributed by atoms with Crippen molar-refractivity contribution in [3.8, 4) is 5.75 Å². The lowest BCUT2D eigenvalue weighted by molar-refractivity contribution is -0.274. The van der Waals surface area contributed by atoms with Crippen molar-refractivity contribution in [3.63, 3.8) is 0 Å². The van der Waals surface area contributed by atoms with Crippen LogP contribution in [-0.4, -0.2) is 12.4 Å². The van der Waals surface area contributed by atoms with Gasteiger partial charge in [-0.2, -0.15) is 0 Å². The Morgan fingerprint density at radius 3 is 2.65 bits per heavy atom. The quantitative estimate of drug-likeness (QED) is 0.853. The summed E-state index contributed by atoms with van der Waals surface area (Å²) in [7, 11) is 0. The normalized spacial score (nSPS) is 23.1. The third-order valence-electron chi connectivity index (χ3n) is 3.65. The monoisotopic (exact) mass is 351 g/mol. The largest absolute Gasteiger partial charge is 0.573 e. The van der Waals surface area contributed by atoms with Crippen molar-refractivity contribution >= 4 is 15.9 Å². The van der Waals surface area contributed by atoms with Gasteiger partial charge in [0, 0.05) is 12.6 Å². The van der Waals surface area contributed by atoms with Gasteiger partial charge in [-0.05, 0) is 52.4 Å². The van der Waals surface area contributed by atoms with Crippen molar-refractivity contribution in [1.29, 1.82) is 0 Å². The number of benzene rings is 1. The van der Waals surface area contributed by atoms with Crippen LogP contribution in [0.5, 0.6) is 5.75 Å². The van der Waals surface area contributed by atoms with Gasteiger partial charge in [0.05, 0.1) is 4.47 Å². The number of hydrogen-bond donors (Lipinski definition) is 1. The second-order valence-electron chi connectivity index (χ2n) is 5.21. The van der Waals surface area contributed by atoms with Crippen LogP contribution in [0.2, 0.25) is 0 Å². The molecule has 2 unspecified atom stereocenters. The van der Waals surface area contributed by atoms with E-state index < -0.39 is 6.36 Å². The first-order valence-corrected chi connectivity index (χ1v) is 7.42. The highest BCUT2D eigenvalue weighted by Gasteiger charge is 2.32. The molecule has 0 amide bonds. The summed E-state index contributed by atoms with van der Waals surface area (Å²) < 4.78 is 40.7. The lowest BCUT2D eigenvalue weighted by Gasteiger charge is -2.18. The minimum atomic E-state index is -4.67. The molecule has 1 N–H and O–H groups in total. The third-order valence-corrected chi connectivity index (χ3v) is 4.27. The first-order chi connectivity index (χ1) is 9.35. The van der Waals surface area contributed by atoms with Gasteiger partial charge in [0.2, 0.25) is 0 Å². The average molecular weight is 352 g/mol. The molecule has 0 saturated heterocycles. The molecule has 2 nitrogen and oxygen atoms in total. The van der Waals surface area contributed by atoms with E-state index in [2.05, 4.69) is 32.9 Å². The van der Waals surface area contributed by atoms with E-state index in [0.29, 0.717) is 23.0 Å². The van der Waals surface area contributed by atoms with Crippen LogP contribution in [0.15, 0.2) is 22.7 Å². The Morgan fingerprint density at radius 2 is 2.10 bits per heavy atom. The van der Waals surface area contributed by atoms with Gasteiger partial charge in [-0.1, -0.05) is 19.4 Å². The molecule has 0 heterocycles. The zero-order chi connectivity index (χ0) is 14.8. The van der Waals surface area contributed by atoms with Gasteiger partial charge in [-0.15, -0.1) is 13.2 Å². The van der Waals surface area contributed by atoms with Crippen LogP contribution in [0.25, 0.3) is 0 Å². The van der Waals surface area contributed by atoms with Crippen molar-refractivity contribution < 1.29 is 17.9 Å². The summed E-state index contributed by atoms with van der Waals surface area (Å²) in [4.78, 5) is 0. The topological polar surface area (TPSA) is 21.3 Å². The molecular formula is C14H17BrF3NO. The van der Waals surface area contributed by atoms with E-state index in [1.165, 1.54) is 18.9 Å². The maximum Gasteiger partial charge on any atom is 0.573 e. The Balaban J connectivity index is 1.95. The maximum atomic E-state index is 12.2. The molecule has 2 atom stereocenters. The summed E-state index contributed by atoms with van der Waals surface area (Å²) in [5, 5.41) is 3.46. The number of rotatable bonds is 4. The van der Waals surface area contributed by atoms with E-state index in [0.717, 1.165) is 12.0 Å². The highest BCUT2D eigenvalue weighted by Crippen LogP contribution is 2.31. The van der Waals surface area contributed by atoms with Crippen LogP contribution >= 0.6 is 15.9 Å². The minimum Gasteiger partial charge on any atom is -0.405 e. The van der Waals surface area contributed by atoms with Crippen LogP contribution < -0.4 is 10.1 Å². The van der Waals surface area contributed by atoms with Crippen molar-refractivity contribution in [1.82, 2.24) is 5.32 Å². The van der Waals surface area contributed by atoms with E-state index in [-0.39, 0.29) is 5.75 Å². The Bertz CT molecular complexity index is 464. The number of hydrogen-bond acceptors (Lipinski definition) is 2. The summed E-state index contributed by atoms with van der Waals surface area (Å²) >= 11 is 3.11. The van der Waals surface area contributed by atoms with Crippen LogP contribution in [0, 0.1) is 5.92 Å². The molecule has 1 aliphatic carbocycles. The van der Waals surface area contributed by atoms with Crippen LogP contribution in [-0.2, 0) is 6.54 Å². The van der Waals surface area contributed by atoms with Gasteiger partial charge in [0.1, 0.15) is 5.75 Å². The summed E-state index contributed by atoms with van der Waals surface area (Å²) in [6, 6.07) is 5.15. The zero-order valence-electron chi connectivity index (χ0n) is 11.1. The molecule has 2 rings (SSSR count). The summed E-state index contributed by atoms with van der Waals surface area (Å²) in [5.74, 6) is 0.446. The van der Waals surface area contributed by atoms with Gasteiger partial charge >= 0.3 is 6.36 Å². The predicted molar refractivity (Wildman–Crippen MR) is 74.5 cm³/mol. The SMILES string of the molecule is CC1CCCC1NCc1ccc(OC(F)(F)F)c(Br)c1. The molecule has 0 radical (unpaired) electrons. The molecule has 1 aromatic carbocycles. The predicted octanol–water partition coefficient (Wildman–Crippen LogP) is 4.63. The van der Waals surface area contributed by atoms with E-state index in [9.17, 15) is 13.2 Å². The van der Waals surface area contributed by atoms with Gasteiger partial charge in [0.15, 0.2) is 0 Å². The molecule has 1 aromatic rings. The average Bonchev–Trinajstić information content (AvgIpc) is 2.74. The molecule has 112 valence electrons. The summed E-state index contributed by atoms with van der Waals surface area (Å²) in [6.07, 6.45) is -1.03. The van der Waals surface area contributed by atoms with Gasteiger partial charge in [-0.3, -0.25) is 0 Å². The molecule has 6 heteroatoms. The highest BCUT2D eigenvalue weighted by atomic mass is 79.9. The van der Waals surface area contributed by atoms with E-state index in [1.807, 2.05) is 0 Å². The molecule has 0 spiro atoms. The molecule has 1 saturated carbocycles. The fraction of sp³-hybridized carbons (Fsp3) is 0.571. The number of halogens is 4. The highest BCUT2D eigenvalue weighted by molar-refractivity contribution is 9.10. The number of alkyl halides is 3. The van der Waals surface area contributed by atoms with Crippen LogP contribution in [0.1, 0.15) is 31.7 Å². The second-order valence-corrected chi connectivity index (χ2v) is 6.06. The summed E-state index contributed by atoms with van der Waals surface area (Å²) in [5.41, 5.74) is 0.936. The van der Waals surface area contributed by atoms with Gasteiger partial charge in [-0.25, -0.2) is 0 Å².